The van der Waals surface area contributed by atoms with Gasteiger partial charge in [0.25, 0.3) is 0 Å². The highest BCUT2D eigenvalue weighted by molar-refractivity contribution is 7.92. The van der Waals surface area contributed by atoms with Crippen LogP contribution in [0.1, 0.15) is 0 Å². The summed E-state index contributed by atoms with van der Waals surface area (Å²) in [5.41, 5.74) is 6.49. The second-order valence-corrected chi connectivity index (χ2v) is 6.37. The number of nitrogens with two attached hydrogens (primary N) is 1. The van der Waals surface area contributed by atoms with Crippen LogP contribution in [-0.2, 0) is 14.6 Å². The molecule has 1 amide bonds. The average molecular weight is 308 g/mol. The summed E-state index contributed by atoms with van der Waals surface area (Å²) in [5, 5.41) is 2.46. The summed E-state index contributed by atoms with van der Waals surface area (Å²) in [6, 6.07) is 10.6. The highest BCUT2D eigenvalue weighted by Crippen LogP contribution is 2.14. The lowest BCUT2D eigenvalue weighted by molar-refractivity contribution is -0.113. The first kappa shape index (κ1) is 15.0. The van der Waals surface area contributed by atoms with Crippen LogP contribution >= 0.6 is 0 Å². The second-order valence-electron chi connectivity index (χ2n) is 4.38. The highest BCUT2D eigenvalue weighted by Gasteiger charge is 2.19. The zero-order chi connectivity index (χ0) is 15.5. The molecule has 5 nitrogen and oxygen atoms in total. The van der Waals surface area contributed by atoms with Crippen molar-refractivity contribution < 1.29 is 17.6 Å². The van der Waals surface area contributed by atoms with Crippen molar-refractivity contribution in [2.24, 2.45) is 0 Å². The molecule has 0 unspecified atom stereocenters. The maximum absolute atomic E-state index is 12.8. The summed E-state index contributed by atoms with van der Waals surface area (Å²) < 4.78 is 36.8. The summed E-state index contributed by atoms with van der Waals surface area (Å²) in [7, 11) is -3.81. The highest BCUT2D eigenvalue weighted by atomic mass is 32.2. The Hall–Kier alpha value is -2.41. The summed E-state index contributed by atoms with van der Waals surface area (Å²) in [5.74, 6) is -1.94. The topological polar surface area (TPSA) is 89.3 Å². The van der Waals surface area contributed by atoms with Crippen LogP contribution in [-0.4, -0.2) is 20.1 Å². The van der Waals surface area contributed by atoms with Gasteiger partial charge in [-0.25, -0.2) is 12.8 Å². The van der Waals surface area contributed by atoms with Crippen LogP contribution in [0.15, 0.2) is 53.4 Å². The predicted molar refractivity (Wildman–Crippen MR) is 77.9 cm³/mol. The standard InChI is InChI=1S/C14H13FN2O3S/c15-10-1-7-13(8-2-10)21(19,20)9-14(18)17-12-5-3-11(16)4-6-12/h1-8H,9,16H2,(H,17,18). The van der Waals surface area contributed by atoms with E-state index in [-0.39, 0.29) is 4.90 Å². The summed E-state index contributed by atoms with van der Waals surface area (Å²) in [4.78, 5) is 11.7. The fourth-order valence-electron chi connectivity index (χ4n) is 1.66. The molecular weight excluding hydrogens is 295 g/mol. The van der Waals surface area contributed by atoms with Crippen molar-refractivity contribution in [1.29, 1.82) is 0 Å². The molecule has 2 aromatic rings. The molecule has 3 N–H and O–H groups in total. The molecule has 0 saturated carbocycles. The molecule has 21 heavy (non-hydrogen) atoms. The normalized spacial score (nSPS) is 11.1. The molecule has 0 aliphatic rings. The van der Waals surface area contributed by atoms with Crippen LogP contribution in [0.5, 0.6) is 0 Å². The van der Waals surface area contributed by atoms with E-state index in [0.717, 1.165) is 24.3 Å². The van der Waals surface area contributed by atoms with Crippen molar-refractivity contribution in [1.82, 2.24) is 0 Å². The molecular formula is C14H13FN2O3S. The molecule has 0 bridgehead atoms. The van der Waals surface area contributed by atoms with Gasteiger partial charge in [0.1, 0.15) is 11.6 Å². The smallest absolute Gasteiger partial charge is 0.239 e. The summed E-state index contributed by atoms with van der Waals surface area (Å²) in [6.45, 7) is 0. The minimum absolute atomic E-state index is 0.101. The Balaban J connectivity index is 2.07. The van der Waals surface area contributed by atoms with Gasteiger partial charge >= 0.3 is 0 Å². The molecule has 0 atom stereocenters. The minimum atomic E-state index is -3.81. The number of carbonyl (C=O) groups is 1. The van der Waals surface area contributed by atoms with Crippen molar-refractivity contribution in [3.8, 4) is 0 Å². The third-order valence-corrected chi connectivity index (χ3v) is 4.32. The van der Waals surface area contributed by atoms with Crippen LogP contribution in [0, 0.1) is 5.82 Å². The summed E-state index contributed by atoms with van der Waals surface area (Å²) in [6.07, 6.45) is 0. The van der Waals surface area contributed by atoms with Gasteiger partial charge in [0.05, 0.1) is 4.90 Å². The molecule has 0 fully saturated rings. The van der Waals surface area contributed by atoms with Gasteiger partial charge in [-0.05, 0) is 48.5 Å². The number of halogens is 1. The van der Waals surface area contributed by atoms with Crippen LogP contribution in [0.2, 0.25) is 0 Å². The summed E-state index contributed by atoms with van der Waals surface area (Å²) >= 11 is 0. The van der Waals surface area contributed by atoms with Crippen LogP contribution in [0.3, 0.4) is 0 Å². The molecule has 0 spiro atoms. The van der Waals surface area contributed by atoms with Gasteiger partial charge in [-0.2, -0.15) is 0 Å². The monoisotopic (exact) mass is 308 g/mol. The number of sulfone groups is 1. The Bertz CT molecular complexity index is 741. The van der Waals surface area contributed by atoms with E-state index in [9.17, 15) is 17.6 Å². The number of amides is 1. The number of anilines is 2. The van der Waals surface area contributed by atoms with E-state index in [2.05, 4.69) is 5.32 Å². The maximum atomic E-state index is 12.8. The van der Waals surface area contributed by atoms with Gasteiger partial charge in [-0.1, -0.05) is 0 Å². The van der Waals surface area contributed by atoms with Gasteiger partial charge in [-0.15, -0.1) is 0 Å². The van der Waals surface area contributed by atoms with E-state index in [0.29, 0.717) is 11.4 Å². The first-order valence-corrected chi connectivity index (χ1v) is 7.66. The van der Waals surface area contributed by atoms with Crippen molar-refractivity contribution in [3.05, 3.63) is 54.3 Å². The van der Waals surface area contributed by atoms with Crippen molar-refractivity contribution in [2.45, 2.75) is 4.90 Å². The van der Waals surface area contributed by atoms with E-state index in [4.69, 9.17) is 5.73 Å². The number of nitrogen functional groups attached to an aromatic ring is 1. The molecule has 2 aromatic carbocycles. The number of hydrogen-bond donors (Lipinski definition) is 2. The third kappa shape index (κ3) is 4.03. The maximum Gasteiger partial charge on any atom is 0.239 e. The Kier molecular flexibility index (Phi) is 4.23. The van der Waals surface area contributed by atoms with E-state index < -0.39 is 27.3 Å². The number of nitrogens with one attached hydrogen (secondary N) is 1. The number of carbonyl (C=O) groups excluding carboxylic acids is 1. The Labute approximate surface area is 121 Å². The van der Waals surface area contributed by atoms with Crippen molar-refractivity contribution in [3.63, 3.8) is 0 Å². The fraction of sp³-hybridized carbons (Fsp3) is 0.0714. The van der Waals surface area contributed by atoms with Crippen LogP contribution in [0.4, 0.5) is 15.8 Å². The molecule has 0 aliphatic carbocycles. The zero-order valence-corrected chi connectivity index (χ0v) is 11.7. The van der Waals surface area contributed by atoms with E-state index in [1.54, 1.807) is 24.3 Å². The molecule has 0 aliphatic heterocycles. The quantitative estimate of drug-likeness (QED) is 0.666. The van der Waals surface area contributed by atoms with Gasteiger partial charge < -0.3 is 11.1 Å². The predicted octanol–water partition coefficient (Wildman–Crippen LogP) is 1.82. The Morgan fingerprint density at radius 3 is 2.19 bits per heavy atom. The van der Waals surface area contributed by atoms with E-state index >= 15 is 0 Å². The number of hydrogen-bond acceptors (Lipinski definition) is 4. The Morgan fingerprint density at radius 1 is 1.05 bits per heavy atom. The first-order valence-electron chi connectivity index (χ1n) is 6.00. The molecule has 0 saturated heterocycles. The lowest BCUT2D eigenvalue weighted by Crippen LogP contribution is -2.23. The lowest BCUT2D eigenvalue weighted by atomic mass is 10.3. The van der Waals surface area contributed by atoms with Crippen LogP contribution in [0.25, 0.3) is 0 Å². The number of benzene rings is 2. The fourth-order valence-corrected chi connectivity index (χ4v) is 2.80. The van der Waals surface area contributed by atoms with Crippen molar-refractivity contribution >= 4 is 27.1 Å². The van der Waals surface area contributed by atoms with E-state index in [1.807, 2.05) is 0 Å². The van der Waals surface area contributed by atoms with Crippen LogP contribution < -0.4 is 11.1 Å². The lowest BCUT2D eigenvalue weighted by Gasteiger charge is -2.07. The average Bonchev–Trinajstić information content (AvgIpc) is 2.41. The first-order chi connectivity index (χ1) is 9.87. The molecule has 0 aromatic heterocycles. The molecule has 0 radical (unpaired) electrons. The zero-order valence-electron chi connectivity index (χ0n) is 10.9. The Morgan fingerprint density at radius 2 is 1.62 bits per heavy atom. The van der Waals surface area contributed by atoms with Gasteiger partial charge in [0, 0.05) is 11.4 Å². The third-order valence-electron chi connectivity index (χ3n) is 2.69. The largest absolute Gasteiger partial charge is 0.399 e. The minimum Gasteiger partial charge on any atom is -0.399 e. The van der Waals surface area contributed by atoms with E-state index in [1.165, 1.54) is 0 Å². The second kappa shape index (κ2) is 5.92. The molecule has 0 heterocycles. The molecule has 110 valence electrons. The van der Waals surface area contributed by atoms with Crippen molar-refractivity contribution in [2.75, 3.05) is 16.8 Å². The number of rotatable bonds is 4. The van der Waals surface area contributed by atoms with Gasteiger partial charge in [-0.3, -0.25) is 4.79 Å². The van der Waals surface area contributed by atoms with Gasteiger partial charge in [0.15, 0.2) is 9.84 Å². The van der Waals surface area contributed by atoms with Gasteiger partial charge in [0.2, 0.25) is 5.91 Å². The molecule has 2 rings (SSSR count). The SMILES string of the molecule is Nc1ccc(NC(=O)CS(=O)(=O)c2ccc(F)cc2)cc1. The molecule has 7 heteroatoms.